The largest absolute Gasteiger partial charge is 0.385 e. The average Bonchev–Trinajstić information content (AvgIpc) is 2.38. The zero-order chi connectivity index (χ0) is 16.2. The Kier molecular flexibility index (Phi) is 4.85. The van der Waals surface area contributed by atoms with Gasteiger partial charge in [0.15, 0.2) is 0 Å². The highest BCUT2D eigenvalue weighted by Crippen LogP contribution is 2.22. The highest BCUT2D eigenvalue weighted by Gasteiger charge is 2.28. The van der Waals surface area contributed by atoms with Crippen LogP contribution in [0.15, 0.2) is 18.2 Å². The van der Waals surface area contributed by atoms with Crippen LogP contribution in [0, 0.1) is 10.1 Å². The van der Waals surface area contributed by atoms with Crippen molar-refractivity contribution in [1.29, 1.82) is 0 Å². The summed E-state index contributed by atoms with van der Waals surface area (Å²) >= 11 is 0. The molecular weight excluding hydrogens is 276 g/mol. The van der Waals surface area contributed by atoms with Crippen molar-refractivity contribution < 1.29 is 14.5 Å². The van der Waals surface area contributed by atoms with E-state index in [1.807, 2.05) is 6.92 Å². The number of carbonyl (C=O) groups excluding carboxylic acids is 2. The van der Waals surface area contributed by atoms with Gasteiger partial charge in [-0.15, -0.1) is 0 Å². The van der Waals surface area contributed by atoms with E-state index in [4.69, 9.17) is 5.73 Å². The molecule has 8 nitrogen and oxygen atoms in total. The van der Waals surface area contributed by atoms with Crippen LogP contribution >= 0.6 is 0 Å². The summed E-state index contributed by atoms with van der Waals surface area (Å²) in [6, 6.07) is 3.91. The van der Waals surface area contributed by atoms with Crippen molar-refractivity contribution in [3.05, 3.63) is 33.9 Å². The van der Waals surface area contributed by atoms with Crippen LogP contribution in [0.2, 0.25) is 0 Å². The van der Waals surface area contributed by atoms with Crippen LogP contribution in [0.3, 0.4) is 0 Å². The van der Waals surface area contributed by atoms with Crippen molar-refractivity contribution in [2.75, 3.05) is 11.9 Å². The summed E-state index contributed by atoms with van der Waals surface area (Å²) in [6.45, 7) is 5.28. The molecule has 2 amide bonds. The van der Waals surface area contributed by atoms with Crippen LogP contribution in [-0.4, -0.2) is 28.8 Å². The third-order valence-electron chi connectivity index (χ3n) is 2.87. The van der Waals surface area contributed by atoms with Gasteiger partial charge in [-0.3, -0.25) is 19.7 Å². The summed E-state index contributed by atoms with van der Waals surface area (Å²) in [7, 11) is 0. The van der Waals surface area contributed by atoms with Crippen molar-refractivity contribution in [2.24, 2.45) is 5.73 Å². The molecule has 4 N–H and O–H groups in total. The molecular formula is C13H18N4O4. The molecule has 21 heavy (non-hydrogen) atoms. The van der Waals surface area contributed by atoms with E-state index in [0.29, 0.717) is 12.2 Å². The third-order valence-corrected chi connectivity index (χ3v) is 2.87. The Bertz CT molecular complexity index is 584. The molecule has 1 aromatic rings. The lowest BCUT2D eigenvalue weighted by atomic mass is 10.0. The second-order valence-corrected chi connectivity index (χ2v) is 4.96. The van der Waals surface area contributed by atoms with Gasteiger partial charge in [0.2, 0.25) is 5.91 Å². The molecule has 0 radical (unpaired) electrons. The second kappa shape index (κ2) is 6.21. The van der Waals surface area contributed by atoms with Gasteiger partial charge in [-0.25, -0.2) is 0 Å². The van der Waals surface area contributed by atoms with Gasteiger partial charge >= 0.3 is 0 Å². The Hall–Kier alpha value is -2.64. The van der Waals surface area contributed by atoms with Gasteiger partial charge in [-0.1, -0.05) is 0 Å². The fraction of sp³-hybridized carbons (Fsp3) is 0.385. The summed E-state index contributed by atoms with van der Waals surface area (Å²) < 4.78 is 0. The monoisotopic (exact) mass is 294 g/mol. The lowest BCUT2D eigenvalue weighted by molar-refractivity contribution is -0.384. The zero-order valence-electron chi connectivity index (χ0n) is 12.1. The van der Waals surface area contributed by atoms with Gasteiger partial charge in [0.05, 0.1) is 10.5 Å². The topological polar surface area (TPSA) is 127 Å². The first-order chi connectivity index (χ1) is 9.69. The molecule has 1 aromatic carbocycles. The molecule has 0 spiro atoms. The number of benzene rings is 1. The van der Waals surface area contributed by atoms with Crippen molar-refractivity contribution in [3.8, 4) is 0 Å². The molecule has 8 heteroatoms. The van der Waals surface area contributed by atoms with Gasteiger partial charge in [-0.2, -0.15) is 0 Å². The Balaban J connectivity index is 3.19. The van der Waals surface area contributed by atoms with E-state index in [-0.39, 0.29) is 11.3 Å². The van der Waals surface area contributed by atoms with Gasteiger partial charge in [0.25, 0.3) is 11.6 Å². The van der Waals surface area contributed by atoms with E-state index in [0.717, 1.165) is 6.07 Å². The summed E-state index contributed by atoms with van der Waals surface area (Å²) in [5.74, 6) is -1.32. The van der Waals surface area contributed by atoms with Crippen LogP contribution in [-0.2, 0) is 4.79 Å². The van der Waals surface area contributed by atoms with E-state index < -0.39 is 22.3 Å². The molecule has 0 fully saturated rings. The SMILES string of the molecule is CCNc1ccc([N+](=O)[O-])cc1C(=O)NC(C)(C)C(N)=O. The molecule has 0 aliphatic rings. The number of non-ortho nitro benzene ring substituents is 1. The van der Waals surface area contributed by atoms with Crippen molar-refractivity contribution >= 4 is 23.2 Å². The summed E-state index contributed by atoms with van der Waals surface area (Å²) in [5, 5.41) is 16.2. The molecule has 0 bridgehead atoms. The van der Waals surface area contributed by atoms with E-state index in [2.05, 4.69) is 10.6 Å². The highest BCUT2D eigenvalue weighted by atomic mass is 16.6. The number of hydrogen-bond donors (Lipinski definition) is 3. The van der Waals surface area contributed by atoms with Crippen molar-refractivity contribution in [2.45, 2.75) is 26.3 Å². The van der Waals surface area contributed by atoms with Gasteiger partial charge in [0, 0.05) is 24.4 Å². The molecule has 0 aliphatic heterocycles. The number of rotatable bonds is 6. The Labute approximate surface area is 121 Å². The predicted octanol–water partition coefficient (Wildman–Crippen LogP) is 1.02. The summed E-state index contributed by atoms with van der Waals surface area (Å²) in [6.07, 6.45) is 0. The maximum Gasteiger partial charge on any atom is 0.270 e. The number of nitrogens with one attached hydrogen (secondary N) is 2. The number of amides is 2. The fourth-order valence-corrected chi connectivity index (χ4v) is 1.59. The Morgan fingerprint density at radius 2 is 2.00 bits per heavy atom. The molecule has 0 aliphatic carbocycles. The maximum absolute atomic E-state index is 12.3. The number of nitro groups is 1. The molecule has 1 rings (SSSR count). The number of nitrogens with zero attached hydrogens (tertiary/aromatic N) is 1. The minimum absolute atomic E-state index is 0.0837. The normalized spacial score (nSPS) is 10.8. The molecule has 0 saturated carbocycles. The van der Waals surface area contributed by atoms with Crippen LogP contribution in [0.4, 0.5) is 11.4 Å². The van der Waals surface area contributed by atoms with E-state index in [9.17, 15) is 19.7 Å². The Morgan fingerprint density at radius 1 is 1.38 bits per heavy atom. The van der Waals surface area contributed by atoms with E-state index >= 15 is 0 Å². The number of carbonyl (C=O) groups is 2. The number of primary amides is 1. The zero-order valence-corrected chi connectivity index (χ0v) is 12.1. The standard InChI is InChI=1S/C13H18N4O4/c1-4-15-10-6-5-8(17(20)21)7-9(10)11(18)16-13(2,3)12(14)19/h5-7,15H,4H2,1-3H3,(H2,14,19)(H,16,18). The third kappa shape index (κ3) is 3.91. The first-order valence-electron chi connectivity index (χ1n) is 6.33. The maximum atomic E-state index is 12.3. The van der Waals surface area contributed by atoms with Crippen molar-refractivity contribution in [3.63, 3.8) is 0 Å². The highest BCUT2D eigenvalue weighted by molar-refractivity contribution is 6.03. The second-order valence-electron chi connectivity index (χ2n) is 4.96. The summed E-state index contributed by atoms with van der Waals surface area (Å²) in [5.41, 5.74) is 4.25. The molecule has 0 heterocycles. The molecule has 114 valence electrons. The smallest absolute Gasteiger partial charge is 0.270 e. The average molecular weight is 294 g/mol. The molecule has 0 atom stereocenters. The van der Waals surface area contributed by atoms with Crippen molar-refractivity contribution in [1.82, 2.24) is 5.32 Å². The first kappa shape index (κ1) is 16.4. The number of nitrogens with two attached hydrogens (primary N) is 1. The lowest BCUT2D eigenvalue weighted by Crippen LogP contribution is -2.53. The van der Waals surface area contributed by atoms with E-state index in [1.165, 1.54) is 26.0 Å². The number of anilines is 1. The predicted molar refractivity (Wildman–Crippen MR) is 78.0 cm³/mol. The van der Waals surface area contributed by atoms with Gasteiger partial charge in [0.1, 0.15) is 5.54 Å². The Morgan fingerprint density at radius 3 is 2.48 bits per heavy atom. The van der Waals surface area contributed by atoms with Gasteiger partial charge in [-0.05, 0) is 26.8 Å². The van der Waals surface area contributed by atoms with Crippen LogP contribution < -0.4 is 16.4 Å². The minimum Gasteiger partial charge on any atom is -0.385 e. The quantitative estimate of drug-likeness (QED) is 0.533. The van der Waals surface area contributed by atoms with Gasteiger partial charge < -0.3 is 16.4 Å². The van der Waals surface area contributed by atoms with Crippen LogP contribution in [0.1, 0.15) is 31.1 Å². The fourth-order valence-electron chi connectivity index (χ4n) is 1.59. The van der Waals surface area contributed by atoms with E-state index in [1.54, 1.807) is 0 Å². The van der Waals surface area contributed by atoms with Crippen LogP contribution in [0.25, 0.3) is 0 Å². The number of nitro benzene ring substituents is 1. The number of hydrogen-bond acceptors (Lipinski definition) is 5. The molecule has 0 aromatic heterocycles. The van der Waals surface area contributed by atoms with Crippen LogP contribution in [0.5, 0.6) is 0 Å². The molecule has 0 unspecified atom stereocenters. The summed E-state index contributed by atoms with van der Waals surface area (Å²) in [4.78, 5) is 33.7. The molecule has 0 saturated heterocycles. The minimum atomic E-state index is -1.26. The first-order valence-corrected chi connectivity index (χ1v) is 6.33. The lowest BCUT2D eigenvalue weighted by Gasteiger charge is -2.23.